The average molecular weight is 448 g/mol. The van der Waals surface area contributed by atoms with Crippen LogP contribution < -0.4 is 15.8 Å². The number of carbonyl (C=O) groups is 1. The van der Waals surface area contributed by atoms with E-state index in [9.17, 15) is 26.7 Å². The predicted molar refractivity (Wildman–Crippen MR) is 105 cm³/mol. The molecule has 0 saturated heterocycles. The lowest BCUT2D eigenvalue weighted by atomic mass is 10.1. The molecule has 2 rings (SSSR count). The van der Waals surface area contributed by atoms with Crippen LogP contribution >= 0.6 is 0 Å². The number of rotatable bonds is 6. The molecule has 2 aromatic heterocycles. The summed E-state index contributed by atoms with van der Waals surface area (Å²) >= 11 is 0. The largest absolute Gasteiger partial charge is 0.471 e. The summed E-state index contributed by atoms with van der Waals surface area (Å²) in [6, 6.07) is 5.13. The van der Waals surface area contributed by atoms with Crippen LogP contribution in [0, 0.1) is 0 Å². The first-order valence-electron chi connectivity index (χ1n) is 9.13. The molecule has 3 N–H and O–H groups in total. The van der Waals surface area contributed by atoms with Gasteiger partial charge < -0.3 is 15.8 Å². The fraction of sp³-hybridized carbons (Fsp3) is 0.450. The first kappa shape index (κ1) is 26.2. The topological polar surface area (TPSA) is 90.1 Å². The van der Waals surface area contributed by atoms with Gasteiger partial charge in [-0.1, -0.05) is 6.07 Å². The van der Waals surface area contributed by atoms with Crippen LogP contribution in [0.15, 0.2) is 42.9 Å². The Labute approximate surface area is 177 Å². The molecule has 1 atom stereocenters. The average Bonchev–Trinajstić information content (AvgIpc) is 2.65. The number of carbonyl (C=O) groups excluding carboxylic acids is 1. The molecule has 0 spiro atoms. The van der Waals surface area contributed by atoms with Crippen molar-refractivity contribution in [2.75, 3.05) is 6.61 Å². The van der Waals surface area contributed by atoms with E-state index < -0.39 is 24.7 Å². The molecular formula is C20H25F5N4O2. The lowest BCUT2D eigenvalue weighted by molar-refractivity contribution is -0.290. The molecule has 6 nitrogen and oxygen atoms in total. The molecule has 1 amide bonds. The normalized spacial score (nSPS) is 13.0. The van der Waals surface area contributed by atoms with Gasteiger partial charge in [0.15, 0.2) is 6.61 Å². The Morgan fingerprint density at radius 3 is 2.10 bits per heavy atom. The van der Waals surface area contributed by atoms with Crippen LogP contribution in [-0.4, -0.2) is 40.1 Å². The number of alkyl halides is 5. The summed E-state index contributed by atoms with van der Waals surface area (Å²) in [6.45, 7) is 5.69. The van der Waals surface area contributed by atoms with E-state index in [-0.39, 0.29) is 17.3 Å². The van der Waals surface area contributed by atoms with Crippen molar-refractivity contribution in [1.82, 2.24) is 15.3 Å². The Morgan fingerprint density at radius 1 is 1.10 bits per heavy atom. The number of hydrogen-bond donors (Lipinski definition) is 2. The molecule has 172 valence electrons. The summed E-state index contributed by atoms with van der Waals surface area (Å²) in [5.74, 6) is -5.71. The molecule has 11 heteroatoms. The monoisotopic (exact) mass is 448 g/mol. The second-order valence-corrected chi connectivity index (χ2v) is 7.72. The first-order valence-corrected chi connectivity index (χ1v) is 9.13. The highest BCUT2D eigenvalue weighted by Gasteiger charge is 2.58. The summed E-state index contributed by atoms with van der Waals surface area (Å²) in [4.78, 5) is 19.5. The van der Waals surface area contributed by atoms with Crippen LogP contribution in [0.25, 0.3) is 0 Å². The van der Waals surface area contributed by atoms with Crippen molar-refractivity contribution >= 4 is 5.91 Å². The highest BCUT2D eigenvalue weighted by Crippen LogP contribution is 2.35. The summed E-state index contributed by atoms with van der Waals surface area (Å²) in [5.41, 5.74) is 6.27. The smallest absolute Gasteiger partial charge is 0.456 e. The zero-order valence-electron chi connectivity index (χ0n) is 17.5. The minimum absolute atomic E-state index is 0. The van der Waals surface area contributed by atoms with Gasteiger partial charge in [-0.05, 0) is 45.4 Å². The fourth-order valence-corrected chi connectivity index (χ4v) is 1.85. The second kappa shape index (κ2) is 10.5. The van der Waals surface area contributed by atoms with E-state index in [4.69, 9.17) is 5.73 Å². The van der Waals surface area contributed by atoms with Gasteiger partial charge in [-0.2, -0.15) is 22.0 Å². The maximum atomic E-state index is 12.8. The lowest BCUT2D eigenvalue weighted by Crippen LogP contribution is -2.41. The van der Waals surface area contributed by atoms with E-state index in [0.717, 1.165) is 6.07 Å². The number of hydrogen-bond acceptors (Lipinski definition) is 5. The van der Waals surface area contributed by atoms with E-state index in [1.165, 1.54) is 36.8 Å². The second-order valence-electron chi connectivity index (χ2n) is 7.72. The van der Waals surface area contributed by atoms with Crippen molar-refractivity contribution in [3.63, 3.8) is 0 Å². The molecule has 2 aromatic rings. The molecule has 0 aromatic carbocycles. The molecule has 0 aliphatic rings. The predicted octanol–water partition coefficient (Wildman–Crippen LogP) is 4.29. The fourth-order valence-electron chi connectivity index (χ4n) is 1.85. The van der Waals surface area contributed by atoms with Gasteiger partial charge in [0.05, 0.1) is 6.04 Å². The third kappa shape index (κ3) is 9.69. The first-order chi connectivity index (χ1) is 14.1. The van der Waals surface area contributed by atoms with Crippen LogP contribution in [0.5, 0.6) is 5.88 Å². The van der Waals surface area contributed by atoms with Gasteiger partial charge in [0.1, 0.15) is 0 Å². The molecule has 1 unspecified atom stereocenters. The Morgan fingerprint density at radius 2 is 1.65 bits per heavy atom. The van der Waals surface area contributed by atoms with Crippen LogP contribution in [-0.2, 0) is 0 Å². The van der Waals surface area contributed by atoms with Crippen LogP contribution in [0.3, 0.4) is 0 Å². The summed E-state index contributed by atoms with van der Waals surface area (Å²) in [7, 11) is 0. The standard InChI is InChI=1S/C16H14F5N3O2.C4H11N/c1-10(24-14(25)11-4-6-22-7-5-11)12-2-3-13(23-8-12)26-9-15(17,18)16(19,20)21;1-4(2,3)5/h2-8,10H,9H2,1H3,(H,24,25);5H2,1-3H3. The van der Waals surface area contributed by atoms with Gasteiger partial charge in [0, 0.05) is 35.8 Å². The Hall–Kier alpha value is -2.82. The molecule has 0 radical (unpaired) electrons. The van der Waals surface area contributed by atoms with Crippen molar-refractivity contribution in [2.24, 2.45) is 5.73 Å². The number of ether oxygens (including phenoxy) is 1. The van der Waals surface area contributed by atoms with Gasteiger partial charge in [0.25, 0.3) is 5.91 Å². The summed E-state index contributed by atoms with van der Waals surface area (Å²) in [6.07, 6.45) is -1.55. The maximum absolute atomic E-state index is 12.8. The number of pyridine rings is 2. The van der Waals surface area contributed by atoms with E-state index in [1.54, 1.807) is 6.92 Å². The quantitative estimate of drug-likeness (QED) is 0.644. The zero-order valence-corrected chi connectivity index (χ0v) is 17.5. The molecule has 0 bridgehead atoms. The van der Waals surface area contributed by atoms with Gasteiger partial charge in [-0.3, -0.25) is 9.78 Å². The molecule has 0 fully saturated rings. The minimum Gasteiger partial charge on any atom is -0.471 e. The number of nitrogens with zero attached hydrogens (tertiary/aromatic N) is 2. The molecule has 0 aliphatic heterocycles. The van der Waals surface area contributed by atoms with E-state index in [1.807, 2.05) is 20.8 Å². The van der Waals surface area contributed by atoms with E-state index >= 15 is 0 Å². The minimum atomic E-state index is -5.70. The lowest BCUT2D eigenvalue weighted by Gasteiger charge is -2.19. The van der Waals surface area contributed by atoms with E-state index in [2.05, 4.69) is 20.0 Å². The molecular weight excluding hydrogens is 423 g/mol. The third-order valence-electron chi connectivity index (χ3n) is 3.37. The number of nitrogens with one attached hydrogen (secondary N) is 1. The Kier molecular flexibility index (Phi) is 8.85. The number of amides is 1. The Bertz CT molecular complexity index is 816. The van der Waals surface area contributed by atoms with Crippen LogP contribution in [0.4, 0.5) is 22.0 Å². The Balaban J connectivity index is 0.000000861. The van der Waals surface area contributed by atoms with Gasteiger partial charge in [-0.15, -0.1) is 0 Å². The van der Waals surface area contributed by atoms with Crippen LogP contribution in [0.1, 0.15) is 49.7 Å². The van der Waals surface area contributed by atoms with Crippen molar-refractivity contribution in [3.05, 3.63) is 54.0 Å². The highest BCUT2D eigenvalue weighted by atomic mass is 19.4. The molecule has 31 heavy (non-hydrogen) atoms. The van der Waals surface area contributed by atoms with Gasteiger partial charge >= 0.3 is 12.1 Å². The zero-order chi connectivity index (χ0) is 23.9. The van der Waals surface area contributed by atoms with Crippen LogP contribution in [0.2, 0.25) is 0 Å². The van der Waals surface area contributed by atoms with Crippen molar-refractivity contribution in [2.45, 2.75) is 51.4 Å². The molecule has 0 saturated carbocycles. The third-order valence-corrected chi connectivity index (χ3v) is 3.37. The van der Waals surface area contributed by atoms with Gasteiger partial charge in [0.2, 0.25) is 5.88 Å². The molecule has 2 heterocycles. The van der Waals surface area contributed by atoms with Crippen molar-refractivity contribution in [1.29, 1.82) is 0 Å². The molecule has 0 aliphatic carbocycles. The summed E-state index contributed by atoms with van der Waals surface area (Å²) < 4.78 is 66.2. The highest BCUT2D eigenvalue weighted by molar-refractivity contribution is 5.94. The van der Waals surface area contributed by atoms with E-state index in [0.29, 0.717) is 11.1 Å². The number of nitrogens with two attached hydrogens (primary N) is 1. The number of aromatic nitrogens is 2. The summed E-state index contributed by atoms with van der Waals surface area (Å²) in [5, 5.41) is 2.69. The SMILES string of the molecule is CC(C)(C)N.CC(NC(=O)c1ccncc1)c1ccc(OCC(F)(F)C(F)(F)F)nc1. The van der Waals surface area contributed by atoms with Gasteiger partial charge in [-0.25, -0.2) is 4.98 Å². The van der Waals surface area contributed by atoms with Crippen molar-refractivity contribution < 1.29 is 31.5 Å². The van der Waals surface area contributed by atoms with Crippen molar-refractivity contribution in [3.8, 4) is 5.88 Å². The maximum Gasteiger partial charge on any atom is 0.456 e. The number of halogens is 5.